The molecule has 7 heteroatoms. The minimum Gasteiger partial charge on any atom is -0.276 e. The summed E-state index contributed by atoms with van der Waals surface area (Å²) >= 11 is 5.19. The molecule has 1 aromatic carbocycles. The van der Waals surface area contributed by atoms with E-state index in [9.17, 15) is 17.6 Å². The van der Waals surface area contributed by atoms with Crippen LogP contribution in [0.4, 0.5) is 4.39 Å². The summed E-state index contributed by atoms with van der Waals surface area (Å²) in [6.07, 6.45) is 1.31. The summed E-state index contributed by atoms with van der Waals surface area (Å²) in [5, 5.41) is -0.856. The molecule has 1 N–H and O–H groups in total. The van der Waals surface area contributed by atoms with Crippen LogP contribution in [0.2, 0.25) is 0 Å². The van der Waals surface area contributed by atoms with Crippen molar-refractivity contribution in [2.45, 2.75) is 4.90 Å². The van der Waals surface area contributed by atoms with Crippen LogP contribution in [0.3, 0.4) is 0 Å². The molecule has 0 fully saturated rings. The Balaban J connectivity index is 3.25. The van der Waals surface area contributed by atoms with Gasteiger partial charge < -0.3 is 0 Å². The first-order valence-corrected chi connectivity index (χ1v) is 6.34. The number of halogens is 2. The quantitative estimate of drug-likeness (QED) is 0.658. The van der Waals surface area contributed by atoms with Crippen molar-refractivity contribution >= 4 is 26.9 Å². The van der Waals surface area contributed by atoms with Crippen LogP contribution < -0.4 is 4.72 Å². The molecule has 0 spiro atoms. The third-order valence-corrected chi connectivity index (χ3v) is 3.52. The maximum Gasteiger partial charge on any atom is 0.252 e. The molecular weight excluding hydrogens is 269 g/mol. The fraction of sp³-hybridized carbons (Fsp3) is 0.100. The van der Waals surface area contributed by atoms with E-state index in [-0.39, 0.29) is 12.1 Å². The fourth-order valence-corrected chi connectivity index (χ4v) is 2.30. The average molecular weight is 278 g/mol. The maximum absolute atomic E-state index is 13.4. The van der Waals surface area contributed by atoms with Gasteiger partial charge in [-0.2, -0.15) is 0 Å². The molecule has 0 atom stereocenters. The predicted molar refractivity (Wildman–Crippen MR) is 62.0 cm³/mol. The van der Waals surface area contributed by atoms with Gasteiger partial charge in [-0.15, -0.1) is 6.58 Å². The monoisotopic (exact) mass is 277 g/mol. The van der Waals surface area contributed by atoms with Crippen molar-refractivity contribution in [3.8, 4) is 0 Å². The molecule has 0 saturated heterocycles. The standard InChI is InChI=1S/C10H9ClFNO3S/c1-2-5-13-17(15,16)9-6-7(10(11)14)3-4-8(9)12/h2-4,6,13H,1,5H2. The molecule has 0 unspecified atom stereocenters. The summed E-state index contributed by atoms with van der Waals surface area (Å²) in [6.45, 7) is 3.29. The first kappa shape index (κ1) is 13.8. The Kier molecular flexibility index (Phi) is 4.39. The highest BCUT2D eigenvalue weighted by Gasteiger charge is 2.19. The number of nitrogens with one attached hydrogen (secondary N) is 1. The number of hydrogen-bond acceptors (Lipinski definition) is 3. The first-order valence-electron chi connectivity index (χ1n) is 4.48. The normalized spacial score (nSPS) is 11.2. The molecule has 0 bridgehead atoms. The largest absolute Gasteiger partial charge is 0.276 e. The minimum atomic E-state index is -4.02. The lowest BCUT2D eigenvalue weighted by atomic mass is 10.2. The van der Waals surface area contributed by atoms with Gasteiger partial charge in [0.15, 0.2) is 0 Å². The van der Waals surface area contributed by atoms with Crippen molar-refractivity contribution in [2.24, 2.45) is 0 Å². The molecule has 0 saturated carbocycles. The summed E-state index contributed by atoms with van der Waals surface area (Å²) in [5.41, 5.74) is -0.0907. The van der Waals surface area contributed by atoms with Gasteiger partial charge in [0.2, 0.25) is 10.0 Å². The summed E-state index contributed by atoms with van der Waals surface area (Å²) in [4.78, 5) is 10.2. The second kappa shape index (κ2) is 5.39. The van der Waals surface area contributed by atoms with Gasteiger partial charge in [-0.3, -0.25) is 4.79 Å². The van der Waals surface area contributed by atoms with Crippen molar-refractivity contribution in [3.05, 3.63) is 42.2 Å². The molecule has 0 amide bonds. The van der Waals surface area contributed by atoms with Crippen LogP contribution in [-0.4, -0.2) is 20.2 Å². The predicted octanol–water partition coefficient (Wildman–Crippen LogP) is 1.67. The first-order chi connectivity index (χ1) is 7.88. The molecule has 0 aliphatic carbocycles. The topological polar surface area (TPSA) is 63.2 Å². The number of hydrogen-bond donors (Lipinski definition) is 1. The van der Waals surface area contributed by atoms with Gasteiger partial charge in [0.1, 0.15) is 10.7 Å². The number of rotatable bonds is 5. The van der Waals surface area contributed by atoms with E-state index in [1.165, 1.54) is 6.08 Å². The lowest BCUT2D eigenvalue weighted by molar-refractivity contribution is 0.108. The molecule has 0 radical (unpaired) electrons. The van der Waals surface area contributed by atoms with Gasteiger partial charge in [-0.05, 0) is 29.8 Å². The van der Waals surface area contributed by atoms with Gasteiger partial charge in [0.05, 0.1) is 0 Å². The van der Waals surface area contributed by atoms with E-state index in [1.807, 2.05) is 0 Å². The Morgan fingerprint density at radius 1 is 1.53 bits per heavy atom. The zero-order valence-corrected chi connectivity index (χ0v) is 10.2. The molecule has 1 aromatic rings. The van der Waals surface area contributed by atoms with E-state index < -0.39 is 26.0 Å². The number of carbonyl (C=O) groups is 1. The lowest BCUT2D eigenvalue weighted by Gasteiger charge is -2.06. The van der Waals surface area contributed by atoms with Crippen LogP contribution in [0, 0.1) is 5.82 Å². The molecule has 4 nitrogen and oxygen atoms in total. The summed E-state index contributed by atoms with van der Waals surface area (Å²) in [7, 11) is -4.02. The Bertz CT molecular complexity index is 557. The molecule has 1 rings (SSSR count). The van der Waals surface area contributed by atoms with E-state index in [0.29, 0.717) is 0 Å². The Labute approximate surface area is 103 Å². The summed E-state index contributed by atoms with van der Waals surface area (Å²) in [6, 6.07) is 2.87. The van der Waals surface area contributed by atoms with E-state index in [1.54, 1.807) is 0 Å². The Morgan fingerprint density at radius 2 is 2.18 bits per heavy atom. The van der Waals surface area contributed by atoms with Crippen molar-refractivity contribution in [3.63, 3.8) is 0 Å². The Morgan fingerprint density at radius 3 is 2.71 bits per heavy atom. The third kappa shape index (κ3) is 3.36. The van der Waals surface area contributed by atoms with E-state index >= 15 is 0 Å². The van der Waals surface area contributed by atoms with Crippen LogP contribution in [0.5, 0.6) is 0 Å². The van der Waals surface area contributed by atoms with Crippen molar-refractivity contribution in [1.29, 1.82) is 0 Å². The summed E-state index contributed by atoms with van der Waals surface area (Å²) in [5.74, 6) is -0.955. The fourth-order valence-electron chi connectivity index (χ4n) is 1.08. The second-order valence-corrected chi connectivity index (χ2v) is 5.14. The van der Waals surface area contributed by atoms with Gasteiger partial charge in [0, 0.05) is 12.1 Å². The van der Waals surface area contributed by atoms with E-state index in [2.05, 4.69) is 11.3 Å². The van der Waals surface area contributed by atoms with E-state index in [4.69, 9.17) is 11.6 Å². The van der Waals surface area contributed by atoms with Gasteiger partial charge >= 0.3 is 0 Å². The van der Waals surface area contributed by atoms with Crippen molar-refractivity contribution < 1.29 is 17.6 Å². The van der Waals surface area contributed by atoms with Gasteiger partial charge in [-0.25, -0.2) is 17.5 Å². The van der Waals surface area contributed by atoms with Crippen LogP contribution in [0.1, 0.15) is 10.4 Å². The highest BCUT2D eigenvalue weighted by Crippen LogP contribution is 2.17. The smallest absolute Gasteiger partial charge is 0.252 e. The zero-order valence-electron chi connectivity index (χ0n) is 8.61. The molecule has 17 heavy (non-hydrogen) atoms. The molecule has 0 aliphatic rings. The number of carbonyl (C=O) groups excluding carboxylic acids is 1. The van der Waals surface area contributed by atoms with Crippen LogP contribution in [-0.2, 0) is 10.0 Å². The molecule has 0 heterocycles. The lowest BCUT2D eigenvalue weighted by Crippen LogP contribution is -2.24. The van der Waals surface area contributed by atoms with Crippen molar-refractivity contribution in [1.82, 2.24) is 4.72 Å². The third-order valence-electron chi connectivity index (χ3n) is 1.87. The second-order valence-electron chi connectivity index (χ2n) is 3.06. The SMILES string of the molecule is C=CCNS(=O)(=O)c1cc(C(=O)Cl)ccc1F. The van der Waals surface area contributed by atoms with Gasteiger partial charge in [0.25, 0.3) is 5.24 Å². The van der Waals surface area contributed by atoms with Gasteiger partial charge in [-0.1, -0.05) is 6.08 Å². The van der Waals surface area contributed by atoms with Crippen LogP contribution in [0.25, 0.3) is 0 Å². The van der Waals surface area contributed by atoms with E-state index in [0.717, 1.165) is 18.2 Å². The summed E-state index contributed by atoms with van der Waals surface area (Å²) < 4.78 is 38.7. The highest BCUT2D eigenvalue weighted by molar-refractivity contribution is 7.89. The van der Waals surface area contributed by atoms with Crippen LogP contribution >= 0.6 is 11.6 Å². The van der Waals surface area contributed by atoms with Crippen LogP contribution in [0.15, 0.2) is 35.7 Å². The minimum absolute atomic E-state index is 0.0409. The molecule has 92 valence electrons. The number of sulfonamides is 1. The molecule has 0 aromatic heterocycles. The highest BCUT2D eigenvalue weighted by atomic mass is 35.5. The maximum atomic E-state index is 13.4. The molecule has 0 aliphatic heterocycles. The van der Waals surface area contributed by atoms with Crippen molar-refractivity contribution in [2.75, 3.05) is 6.54 Å². The molecular formula is C10H9ClFNO3S. The number of benzene rings is 1. The Hall–Kier alpha value is -1.24. The zero-order chi connectivity index (χ0) is 13.1. The average Bonchev–Trinajstić information content (AvgIpc) is 2.26.